The number of aromatic nitrogens is 2. The zero-order valence-corrected chi connectivity index (χ0v) is 27.9. The van der Waals surface area contributed by atoms with Crippen molar-refractivity contribution < 1.29 is 22.7 Å². The fraction of sp³-hybridized carbons (Fsp3) is 0.469. The number of fused-ring (bicyclic) bond motifs is 1. The van der Waals surface area contributed by atoms with Crippen LogP contribution in [0.15, 0.2) is 41.7 Å². The zero-order valence-electron chi connectivity index (χ0n) is 26.2. The molecule has 0 saturated heterocycles. The monoisotopic (exact) mass is 680 g/mol. The molecule has 4 N–H and O–H groups in total. The van der Waals surface area contributed by atoms with Crippen LogP contribution in [0.5, 0.6) is 5.75 Å². The van der Waals surface area contributed by atoms with E-state index in [-0.39, 0.29) is 28.4 Å². The van der Waals surface area contributed by atoms with E-state index in [0.29, 0.717) is 22.5 Å². The van der Waals surface area contributed by atoms with Gasteiger partial charge in [0.15, 0.2) is 0 Å². The maximum absolute atomic E-state index is 13.1. The number of hydrogen-bond acceptors (Lipinski definition) is 6. The van der Waals surface area contributed by atoms with Crippen LogP contribution < -0.4 is 25.7 Å². The van der Waals surface area contributed by atoms with Crippen molar-refractivity contribution in [1.29, 1.82) is 0 Å². The molecule has 0 spiro atoms. The van der Waals surface area contributed by atoms with E-state index >= 15 is 0 Å². The number of ether oxygens (including phenoxy) is 1. The SMILES string of the molecule is CC.CCC1C=NCCC[C@H](C)C1.CNC(=O)c1ccc(OC)c(NCC#Cc2cc3c(N)nccn3c2[Se]C(F)(F)F)c1. The molecule has 3 heterocycles. The van der Waals surface area contributed by atoms with Crippen LogP contribution in [0, 0.1) is 23.7 Å². The average molecular weight is 680 g/mol. The van der Waals surface area contributed by atoms with Gasteiger partial charge in [0.2, 0.25) is 0 Å². The summed E-state index contributed by atoms with van der Waals surface area (Å²) in [6, 6.07) is 6.37. The normalized spacial score (nSPS) is 16.1. The molecule has 1 aromatic carbocycles. The van der Waals surface area contributed by atoms with Gasteiger partial charge in [-0.3, -0.25) is 4.99 Å². The molecule has 0 aliphatic carbocycles. The number of halogens is 3. The molecule has 1 aliphatic rings. The van der Waals surface area contributed by atoms with E-state index in [0.717, 1.165) is 18.4 Å². The molecule has 1 aliphatic heterocycles. The molecule has 0 bridgehead atoms. The Morgan fingerprint density at radius 1 is 1.27 bits per heavy atom. The number of amides is 1. The van der Waals surface area contributed by atoms with E-state index in [1.54, 1.807) is 18.2 Å². The second-order valence-corrected chi connectivity index (χ2v) is 12.0. The van der Waals surface area contributed by atoms with E-state index in [9.17, 15) is 18.0 Å². The number of rotatable bonds is 6. The Kier molecular flexibility index (Phi) is 15.1. The van der Waals surface area contributed by atoms with Crippen LogP contribution in [0.25, 0.3) is 5.52 Å². The van der Waals surface area contributed by atoms with Crippen molar-refractivity contribution in [3.8, 4) is 17.6 Å². The van der Waals surface area contributed by atoms with Crippen LogP contribution in [-0.4, -0.2) is 68.8 Å². The number of methoxy groups -OCH3 is 1. The number of carbonyl (C=O) groups is 1. The number of nitrogens with one attached hydrogen (secondary N) is 2. The van der Waals surface area contributed by atoms with E-state index in [1.165, 1.54) is 62.7 Å². The van der Waals surface area contributed by atoms with Crippen LogP contribution in [0.2, 0.25) is 0 Å². The Labute approximate surface area is 264 Å². The summed E-state index contributed by atoms with van der Waals surface area (Å²) < 4.78 is 46.0. The first-order valence-corrected chi connectivity index (χ1v) is 16.4. The number of anilines is 2. The van der Waals surface area contributed by atoms with Crippen LogP contribution >= 0.6 is 0 Å². The molecule has 8 nitrogen and oxygen atoms in total. The molecule has 44 heavy (non-hydrogen) atoms. The first-order chi connectivity index (χ1) is 21.1. The first-order valence-electron chi connectivity index (χ1n) is 14.7. The zero-order chi connectivity index (χ0) is 32.7. The van der Waals surface area contributed by atoms with E-state index in [2.05, 4.69) is 52.5 Å². The Hall–Kier alpha value is -3.68. The van der Waals surface area contributed by atoms with Gasteiger partial charge in [-0.1, -0.05) is 27.7 Å². The summed E-state index contributed by atoms with van der Waals surface area (Å²) in [5, 5.41) is 1.21. The minimum absolute atomic E-state index is 0.0517. The summed E-state index contributed by atoms with van der Waals surface area (Å²) in [7, 11) is 3.01. The Morgan fingerprint density at radius 2 is 2.02 bits per heavy atom. The number of hydrogen-bond donors (Lipinski definition) is 3. The predicted octanol–water partition coefficient (Wildman–Crippen LogP) is 5.53. The molecule has 2 aromatic heterocycles. The number of carbonyl (C=O) groups excluding carboxylic acids is 1. The molecular formula is C32H43F3N6O2Se. The predicted molar refractivity (Wildman–Crippen MR) is 174 cm³/mol. The number of nitrogens with zero attached hydrogens (tertiary/aromatic N) is 3. The summed E-state index contributed by atoms with van der Waals surface area (Å²) in [6.07, 6.45) is 10.2. The van der Waals surface area contributed by atoms with Gasteiger partial charge in [-0.05, 0) is 37.5 Å². The van der Waals surface area contributed by atoms with E-state index < -0.39 is 20.0 Å². The molecule has 2 atom stereocenters. The molecule has 1 amide bonds. The Morgan fingerprint density at radius 3 is 2.68 bits per heavy atom. The fourth-order valence-corrected chi connectivity index (χ4v) is 6.00. The van der Waals surface area contributed by atoms with Crippen LogP contribution in [0.3, 0.4) is 0 Å². The number of nitrogens with two attached hydrogens (primary N) is 1. The second kappa shape index (κ2) is 18.2. The summed E-state index contributed by atoms with van der Waals surface area (Å²) in [4.78, 5) is 20.1. The number of aliphatic imine (C=N–C) groups is 1. The maximum atomic E-state index is 13.1. The van der Waals surface area contributed by atoms with Gasteiger partial charge >= 0.3 is 182 Å². The Balaban J connectivity index is 0.000000434. The molecule has 240 valence electrons. The molecule has 0 fully saturated rings. The van der Waals surface area contributed by atoms with Crippen LogP contribution in [-0.2, 0) is 0 Å². The summed E-state index contributed by atoms with van der Waals surface area (Å²) >= 11 is -1.81. The van der Waals surface area contributed by atoms with Crippen LogP contribution in [0.1, 0.15) is 69.3 Å². The van der Waals surface area contributed by atoms with Gasteiger partial charge in [0.1, 0.15) is 0 Å². The summed E-state index contributed by atoms with van der Waals surface area (Å²) in [5.74, 6) is 7.64. The second-order valence-electron chi connectivity index (χ2n) is 9.83. The molecule has 4 rings (SSSR count). The van der Waals surface area contributed by atoms with E-state index in [4.69, 9.17) is 10.5 Å². The molecule has 0 radical (unpaired) electrons. The van der Waals surface area contributed by atoms with Gasteiger partial charge in [-0.25, -0.2) is 0 Å². The number of benzene rings is 1. The van der Waals surface area contributed by atoms with Crippen molar-refractivity contribution in [2.45, 2.75) is 58.5 Å². The van der Waals surface area contributed by atoms with Crippen molar-refractivity contribution >= 4 is 48.7 Å². The number of alkyl halides is 3. The molecule has 3 aromatic rings. The fourth-order valence-electron chi connectivity index (χ4n) is 4.54. The first kappa shape index (κ1) is 36.5. The van der Waals surface area contributed by atoms with Gasteiger partial charge < -0.3 is 0 Å². The third kappa shape index (κ3) is 11.1. The van der Waals surface area contributed by atoms with Gasteiger partial charge in [0.25, 0.3) is 0 Å². The molecule has 1 unspecified atom stereocenters. The van der Waals surface area contributed by atoms with Crippen molar-refractivity contribution in [3.63, 3.8) is 0 Å². The standard InChI is InChI=1S/C20H18F3N5O2Se.C10H19N.C2H6/c1-25-18(29)12-5-6-16(30-2)14(10-12)26-7-3-4-13-11-15-17(24)27-8-9-28(15)19(13)31-20(21,22)23;1-3-10-7-9(2)5-4-6-11-8-10;1-2/h5-6,8-11,26H,7H2,1-2H3,(H2,24,27)(H,25,29);8-10H,3-7H2,1-2H3;1-2H3/t;9-,10?;/m.0./s1. The summed E-state index contributed by atoms with van der Waals surface area (Å²) in [6.45, 7) is 9.79. The van der Waals surface area contributed by atoms with Crippen molar-refractivity contribution in [3.05, 3.63) is 47.8 Å². The Bertz CT molecular complexity index is 1450. The third-order valence-corrected chi connectivity index (χ3v) is 8.47. The van der Waals surface area contributed by atoms with Gasteiger partial charge in [0, 0.05) is 12.8 Å². The van der Waals surface area contributed by atoms with Crippen LogP contribution in [0.4, 0.5) is 24.7 Å². The van der Waals surface area contributed by atoms with Gasteiger partial charge in [0.05, 0.1) is 0 Å². The molecule has 0 saturated carbocycles. The van der Waals surface area contributed by atoms with Crippen molar-refractivity contribution in [2.75, 3.05) is 38.3 Å². The molecule has 12 heteroatoms. The summed E-state index contributed by atoms with van der Waals surface area (Å²) in [5.41, 5.74) is 7.38. The van der Waals surface area contributed by atoms with Gasteiger partial charge in [-0.15, -0.1) is 0 Å². The topological polar surface area (TPSA) is 106 Å². The quantitative estimate of drug-likeness (QED) is 0.235. The van der Waals surface area contributed by atoms with Crippen molar-refractivity contribution in [2.24, 2.45) is 16.8 Å². The number of nitrogen functional groups attached to an aromatic ring is 1. The minimum atomic E-state index is -4.35. The third-order valence-electron chi connectivity index (χ3n) is 6.70. The average Bonchev–Trinajstić information content (AvgIpc) is 3.34. The van der Waals surface area contributed by atoms with Crippen molar-refractivity contribution in [1.82, 2.24) is 14.7 Å². The molecular weight excluding hydrogens is 636 g/mol. The van der Waals surface area contributed by atoms with Gasteiger partial charge in [-0.2, -0.15) is 0 Å². The van der Waals surface area contributed by atoms with E-state index in [1.807, 2.05) is 13.8 Å².